The van der Waals surface area contributed by atoms with Gasteiger partial charge in [-0.1, -0.05) is 41.6 Å². The van der Waals surface area contributed by atoms with Gasteiger partial charge >= 0.3 is 0 Å². The monoisotopic (exact) mass is 409 g/mol. The van der Waals surface area contributed by atoms with Crippen molar-refractivity contribution in [1.82, 2.24) is 15.3 Å². The molecule has 3 aromatic rings. The van der Waals surface area contributed by atoms with Crippen molar-refractivity contribution >= 4 is 17.7 Å². The Morgan fingerprint density at radius 1 is 1.03 bits per heavy atom. The Balaban J connectivity index is 1.57. The van der Waals surface area contributed by atoms with E-state index in [0.29, 0.717) is 16.7 Å². The molecule has 3 rings (SSSR count). The van der Waals surface area contributed by atoms with Gasteiger partial charge in [0.2, 0.25) is 5.91 Å². The van der Waals surface area contributed by atoms with Gasteiger partial charge in [0, 0.05) is 12.4 Å². The second-order valence-electron chi connectivity index (χ2n) is 6.43. The summed E-state index contributed by atoms with van der Waals surface area (Å²) in [5.41, 5.74) is 2.15. The fourth-order valence-electron chi connectivity index (χ4n) is 2.59. The maximum atomic E-state index is 12.4. The van der Waals surface area contributed by atoms with Crippen LogP contribution in [0.4, 0.5) is 0 Å². The zero-order chi connectivity index (χ0) is 20.6. The highest BCUT2D eigenvalue weighted by molar-refractivity contribution is 8.00. The molecule has 150 valence electrons. The van der Waals surface area contributed by atoms with Crippen LogP contribution in [0.25, 0.3) is 0 Å². The average molecular weight is 410 g/mol. The van der Waals surface area contributed by atoms with Crippen molar-refractivity contribution in [1.29, 1.82) is 0 Å². The van der Waals surface area contributed by atoms with Crippen LogP contribution in [0.2, 0.25) is 0 Å². The van der Waals surface area contributed by atoms with E-state index in [9.17, 15) is 4.79 Å². The zero-order valence-electron chi connectivity index (χ0n) is 16.6. The number of aryl methyl sites for hydroxylation is 1. The zero-order valence-corrected chi connectivity index (χ0v) is 17.4. The number of methoxy groups -OCH3 is 1. The Kier molecular flexibility index (Phi) is 7.08. The first-order chi connectivity index (χ1) is 14.0. The van der Waals surface area contributed by atoms with Crippen LogP contribution in [-0.4, -0.2) is 28.7 Å². The van der Waals surface area contributed by atoms with E-state index >= 15 is 0 Å². The van der Waals surface area contributed by atoms with Crippen LogP contribution in [0, 0.1) is 6.92 Å². The van der Waals surface area contributed by atoms with E-state index < -0.39 is 0 Å². The SMILES string of the molecule is COc1ccc([C@@H](C)NC(=O)CSc2nccnc2Oc2ccc(C)cc2)cc1. The molecule has 6 nitrogen and oxygen atoms in total. The van der Waals surface area contributed by atoms with Gasteiger partial charge in [0.05, 0.1) is 18.9 Å². The van der Waals surface area contributed by atoms with Crippen LogP contribution in [0.5, 0.6) is 17.4 Å². The van der Waals surface area contributed by atoms with E-state index in [1.807, 2.05) is 62.4 Å². The predicted molar refractivity (Wildman–Crippen MR) is 114 cm³/mol. The van der Waals surface area contributed by atoms with Crippen molar-refractivity contribution in [2.24, 2.45) is 0 Å². The number of hydrogen-bond donors (Lipinski definition) is 1. The van der Waals surface area contributed by atoms with Gasteiger partial charge in [-0.15, -0.1) is 0 Å². The van der Waals surface area contributed by atoms with Gasteiger partial charge in [0.15, 0.2) is 5.03 Å². The Morgan fingerprint density at radius 2 is 1.69 bits per heavy atom. The van der Waals surface area contributed by atoms with Gasteiger partial charge in [-0.3, -0.25) is 4.79 Å². The number of benzene rings is 2. The first-order valence-electron chi connectivity index (χ1n) is 9.17. The second-order valence-corrected chi connectivity index (χ2v) is 7.40. The summed E-state index contributed by atoms with van der Waals surface area (Å²) >= 11 is 1.29. The lowest BCUT2D eigenvalue weighted by Gasteiger charge is -2.15. The van der Waals surface area contributed by atoms with E-state index in [-0.39, 0.29) is 17.7 Å². The highest BCUT2D eigenvalue weighted by Gasteiger charge is 2.14. The fourth-order valence-corrected chi connectivity index (χ4v) is 3.30. The number of hydrogen-bond acceptors (Lipinski definition) is 6. The minimum Gasteiger partial charge on any atom is -0.497 e. The molecule has 0 saturated carbocycles. The van der Waals surface area contributed by atoms with Gasteiger partial charge in [0.25, 0.3) is 5.88 Å². The molecule has 1 amide bonds. The van der Waals surface area contributed by atoms with E-state index in [2.05, 4.69) is 15.3 Å². The summed E-state index contributed by atoms with van der Waals surface area (Å²) in [6.07, 6.45) is 3.15. The van der Waals surface area contributed by atoms with Gasteiger partial charge in [0.1, 0.15) is 11.5 Å². The van der Waals surface area contributed by atoms with Crippen LogP contribution >= 0.6 is 11.8 Å². The molecule has 0 aliphatic rings. The summed E-state index contributed by atoms with van der Waals surface area (Å²) in [6.45, 7) is 3.96. The van der Waals surface area contributed by atoms with Gasteiger partial charge in [-0.25, -0.2) is 9.97 Å². The quantitative estimate of drug-likeness (QED) is 0.550. The molecule has 1 atom stereocenters. The third kappa shape index (κ3) is 5.96. The molecule has 1 N–H and O–H groups in total. The van der Waals surface area contributed by atoms with E-state index in [4.69, 9.17) is 9.47 Å². The standard InChI is InChI=1S/C22H23N3O3S/c1-15-4-8-19(9-5-15)28-21-22(24-13-12-23-21)29-14-20(26)25-16(2)17-6-10-18(27-3)11-7-17/h4-13,16H,14H2,1-3H3,(H,25,26)/t16-/m1/s1. The maximum Gasteiger partial charge on any atom is 0.252 e. The summed E-state index contributed by atoms with van der Waals surface area (Å²) in [6, 6.07) is 15.2. The van der Waals surface area contributed by atoms with Gasteiger partial charge < -0.3 is 14.8 Å². The number of ether oxygens (including phenoxy) is 2. The third-order valence-corrected chi connectivity index (χ3v) is 5.16. The van der Waals surface area contributed by atoms with Crippen molar-refractivity contribution in [2.45, 2.75) is 24.9 Å². The van der Waals surface area contributed by atoms with E-state index in [1.54, 1.807) is 19.5 Å². The Bertz CT molecular complexity index is 946. The number of nitrogens with one attached hydrogen (secondary N) is 1. The maximum absolute atomic E-state index is 12.4. The minimum atomic E-state index is -0.112. The molecule has 0 aliphatic carbocycles. The second kappa shape index (κ2) is 9.93. The molecule has 1 aromatic heterocycles. The highest BCUT2D eigenvalue weighted by Crippen LogP contribution is 2.29. The average Bonchev–Trinajstić information content (AvgIpc) is 2.74. The lowest BCUT2D eigenvalue weighted by atomic mass is 10.1. The number of amides is 1. The fraction of sp³-hybridized carbons (Fsp3) is 0.227. The Morgan fingerprint density at radius 3 is 2.38 bits per heavy atom. The number of thioether (sulfide) groups is 1. The molecule has 0 spiro atoms. The smallest absolute Gasteiger partial charge is 0.252 e. The van der Waals surface area contributed by atoms with Gasteiger partial charge in [-0.05, 0) is 43.7 Å². The molecule has 0 unspecified atom stereocenters. The first-order valence-corrected chi connectivity index (χ1v) is 10.2. The lowest BCUT2D eigenvalue weighted by Crippen LogP contribution is -2.28. The van der Waals surface area contributed by atoms with Crippen LogP contribution in [-0.2, 0) is 4.79 Å². The Hall–Kier alpha value is -3.06. The molecule has 2 aromatic carbocycles. The largest absolute Gasteiger partial charge is 0.497 e. The molecule has 0 fully saturated rings. The summed E-state index contributed by atoms with van der Waals surface area (Å²) < 4.78 is 11.0. The number of nitrogens with zero attached hydrogens (tertiary/aromatic N) is 2. The minimum absolute atomic E-state index is 0.0924. The Labute approximate surface area is 174 Å². The van der Waals surface area contributed by atoms with Gasteiger partial charge in [-0.2, -0.15) is 0 Å². The number of carbonyl (C=O) groups excluding carboxylic acids is 1. The molecule has 29 heavy (non-hydrogen) atoms. The molecule has 0 saturated heterocycles. The number of aromatic nitrogens is 2. The van der Waals surface area contributed by atoms with E-state index in [0.717, 1.165) is 16.9 Å². The normalized spacial score (nSPS) is 11.6. The summed E-state index contributed by atoms with van der Waals surface area (Å²) in [5, 5.41) is 3.56. The topological polar surface area (TPSA) is 73.3 Å². The van der Waals surface area contributed by atoms with Crippen molar-refractivity contribution in [3.05, 3.63) is 72.1 Å². The summed E-state index contributed by atoms with van der Waals surface area (Å²) in [4.78, 5) is 20.9. The molecule has 0 aliphatic heterocycles. The van der Waals surface area contributed by atoms with Crippen molar-refractivity contribution < 1.29 is 14.3 Å². The predicted octanol–water partition coefficient (Wildman–Crippen LogP) is 4.56. The van der Waals surface area contributed by atoms with Crippen LogP contribution in [0.1, 0.15) is 24.1 Å². The molecular formula is C22H23N3O3S. The van der Waals surface area contributed by atoms with Crippen molar-refractivity contribution in [3.63, 3.8) is 0 Å². The molecule has 0 bridgehead atoms. The summed E-state index contributed by atoms with van der Waals surface area (Å²) in [7, 11) is 1.63. The van der Waals surface area contributed by atoms with Crippen LogP contribution in [0.3, 0.4) is 0 Å². The number of carbonyl (C=O) groups is 1. The van der Waals surface area contributed by atoms with Crippen LogP contribution in [0.15, 0.2) is 66.0 Å². The van der Waals surface area contributed by atoms with E-state index in [1.165, 1.54) is 11.8 Å². The highest BCUT2D eigenvalue weighted by atomic mass is 32.2. The molecule has 7 heteroatoms. The molecular weight excluding hydrogens is 386 g/mol. The summed E-state index contributed by atoms with van der Waals surface area (Å²) in [5.74, 6) is 1.97. The van der Waals surface area contributed by atoms with Crippen molar-refractivity contribution in [3.8, 4) is 17.4 Å². The van der Waals surface area contributed by atoms with Crippen molar-refractivity contribution in [2.75, 3.05) is 12.9 Å². The lowest BCUT2D eigenvalue weighted by molar-refractivity contribution is -0.119. The van der Waals surface area contributed by atoms with Crippen LogP contribution < -0.4 is 14.8 Å². The molecule has 1 heterocycles. The molecule has 0 radical (unpaired) electrons. The third-order valence-electron chi connectivity index (χ3n) is 4.20. The number of rotatable bonds is 8. The first kappa shape index (κ1) is 20.7.